The van der Waals surface area contributed by atoms with Gasteiger partial charge in [0, 0.05) is 5.57 Å². The summed E-state index contributed by atoms with van der Waals surface area (Å²) in [5.74, 6) is -0.851. The van der Waals surface area contributed by atoms with Crippen LogP contribution in [0.15, 0.2) is 112 Å². The lowest BCUT2D eigenvalue weighted by atomic mass is 10.3. The van der Waals surface area contributed by atoms with Crippen LogP contribution >= 0.6 is 10.9 Å². The lowest BCUT2D eigenvalue weighted by Gasteiger charge is -2.23. The van der Waals surface area contributed by atoms with Crippen LogP contribution in [0.1, 0.15) is 6.92 Å². The Labute approximate surface area is 173 Å². The monoisotopic (exact) mass is 406 g/mol. The third kappa shape index (κ3) is 5.59. The van der Waals surface area contributed by atoms with Gasteiger partial charge in [0.15, 0.2) is 6.61 Å². The fourth-order valence-electron chi connectivity index (χ4n) is 2.67. The molecule has 0 spiro atoms. The number of esters is 2. The quantitative estimate of drug-likeness (QED) is 0.254. The molecule has 0 saturated heterocycles. The minimum atomic E-state index is -0.721. The predicted octanol–water partition coefficient (Wildman–Crippen LogP) is 5.19. The van der Waals surface area contributed by atoms with Crippen molar-refractivity contribution in [1.82, 2.24) is 0 Å². The van der Waals surface area contributed by atoms with E-state index in [-0.39, 0.29) is 5.57 Å². The first-order valence-corrected chi connectivity index (χ1v) is 10.4. The molecule has 0 aliphatic rings. The third-order valence-electron chi connectivity index (χ3n) is 4.02. The molecule has 0 radical (unpaired) electrons. The molecule has 0 aromatic heterocycles. The van der Waals surface area contributed by atoms with Crippen LogP contribution in [0.25, 0.3) is 0 Å². The molecule has 0 unspecified atom stereocenters. The Morgan fingerprint density at radius 1 is 0.793 bits per heavy atom. The second kappa shape index (κ2) is 9.75. The number of thiol groups is 1. The van der Waals surface area contributed by atoms with Gasteiger partial charge in [-0.15, -0.1) is 0 Å². The van der Waals surface area contributed by atoms with Crippen LogP contribution in [0, 0.1) is 0 Å². The maximum Gasteiger partial charge on any atom is 0.349 e. The lowest BCUT2D eigenvalue weighted by Crippen LogP contribution is -2.18. The van der Waals surface area contributed by atoms with E-state index in [2.05, 4.69) is 30.8 Å². The van der Waals surface area contributed by atoms with Gasteiger partial charge >= 0.3 is 11.9 Å². The van der Waals surface area contributed by atoms with Gasteiger partial charge in [0.05, 0.1) is 0 Å². The van der Waals surface area contributed by atoms with Crippen molar-refractivity contribution >= 4 is 22.8 Å². The van der Waals surface area contributed by atoms with Crippen molar-refractivity contribution in [2.45, 2.75) is 21.6 Å². The highest BCUT2D eigenvalue weighted by atomic mass is 32.2. The molecule has 4 nitrogen and oxygen atoms in total. The van der Waals surface area contributed by atoms with Gasteiger partial charge in [-0.3, -0.25) is 0 Å². The smallest absolute Gasteiger partial charge is 0.349 e. The third-order valence-corrected chi connectivity index (χ3v) is 6.47. The summed E-state index contributed by atoms with van der Waals surface area (Å²) in [6.45, 7) is 4.54. The van der Waals surface area contributed by atoms with Gasteiger partial charge < -0.3 is 9.47 Å². The van der Waals surface area contributed by atoms with E-state index in [1.807, 2.05) is 48.5 Å². The SMILES string of the molecule is C=C(C)C(=O)OCC(=O)Oc1ccc([SH](c2ccccc2)c2ccccc2)cc1. The molecule has 0 aliphatic carbocycles. The summed E-state index contributed by atoms with van der Waals surface area (Å²) >= 11 is 0. The van der Waals surface area contributed by atoms with Crippen LogP contribution in [-0.2, 0) is 14.3 Å². The summed E-state index contributed by atoms with van der Waals surface area (Å²) in [4.78, 5) is 26.9. The molecule has 29 heavy (non-hydrogen) atoms. The van der Waals surface area contributed by atoms with Crippen molar-refractivity contribution < 1.29 is 19.1 Å². The van der Waals surface area contributed by atoms with Crippen molar-refractivity contribution in [1.29, 1.82) is 0 Å². The molecule has 3 rings (SSSR count). The van der Waals surface area contributed by atoms with E-state index in [1.54, 1.807) is 12.1 Å². The van der Waals surface area contributed by atoms with Crippen molar-refractivity contribution in [3.05, 3.63) is 97.1 Å². The van der Waals surface area contributed by atoms with E-state index in [9.17, 15) is 9.59 Å². The molecule has 0 fully saturated rings. The largest absolute Gasteiger partial charge is 0.450 e. The molecule has 0 amide bonds. The van der Waals surface area contributed by atoms with E-state index in [4.69, 9.17) is 9.47 Å². The molecule has 0 aliphatic heterocycles. The summed E-state index contributed by atoms with van der Waals surface area (Å²) < 4.78 is 10.1. The van der Waals surface area contributed by atoms with Crippen molar-refractivity contribution in [3.63, 3.8) is 0 Å². The number of ether oxygens (including phenoxy) is 2. The van der Waals surface area contributed by atoms with Gasteiger partial charge in [0.2, 0.25) is 0 Å². The van der Waals surface area contributed by atoms with Gasteiger partial charge in [-0.25, -0.2) is 9.59 Å². The van der Waals surface area contributed by atoms with Crippen LogP contribution in [0.3, 0.4) is 0 Å². The highest BCUT2D eigenvalue weighted by Gasteiger charge is 2.14. The molecule has 0 heterocycles. The standard InChI is InChI=1S/C24H22O4S/c1-18(2)24(26)27-17-23(25)28-19-13-15-22(16-14-19)29(20-9-5-3-6-10-20)21-11-7-4-8-12-21/h3-16,29H,1,17H2,2H3. The van der Waals surface area contributed by atoms with E-state index in [0.29, 0.717) is 5.75 Å². The molecule has 3 aromatic rings. The molecule has 3 aromatic carbocycles. The Morgan fingerprint density at radius 2 is 1.28 bits per heavy atom. The minimum absolute atomic E-state index is 0.234. The fourth-order valence-corrected chi connectivity index (χ4v) is 4.96. The summed E-state index contributed by atoms with van der Waals surface area (Å²) in [7, 11) is -0.721. The number of rotatable bonds is 7. The molecule has 0 N–H and O–H groups in total. The zero-order valence-corrected chi connectivity index (χ0v) is 17.0. The topological polar surface area (TPSA) is 52.6 Å². The zero-order chi connectivity index (χ0) is 20.6. The van der Waals surface area contributed by atoms with E-state index in [1.165, 1.54) is 16.7 Å². The van der Waals surface area contributed by atoms with Crippen LogP contribution in [-0.4, -0.2) is 18.5 Å². The summed E-state index contributed by atoms with van der Waals surface area (Å²) in [6, 6.07) is 28.1. The lowest BCUT2D eigenvalue weighted by molar-refractivity contribution is -0.150. The molecule has 0 saturated carbocycles. The first-order chi connectivity index (χ1) is 14.0. The minimum Gasteiger partial charge on any atom is -0.450 e. The average molecular weight is 407 g/mol. The molecule has 0 atom stereocenters. The normalized spacial score (nSPS) is 10.7. The van der Waals surface area contributed by atoms with Gasteiger partial charge in [-0.05, 0) is 70.1 Å². The molecule has 5 heteroatoms. The van der Waals surface area contributed by atoms with E-state index < -0.39 is 29.4 Å². The van der Waals surface area contributed by atoms with Crippen LogP contribution in [0.4, 0.5) is 0 Å². The first-order valence-electron chi connectivity index (χ1n) is 9.08. The maximum absolute atomic E-state index is 11.9. The van der Waals surface area contributed by atoms with Gasteiger partial charge in [-0.1, -0.05) is 43.0 Å². The second-order valence-corrected chi connectivity index (χ2v) is 8.55. The first kappa shape index (κ1) is 20.4. The number of hydrogen-bond donors (Lipinski definition) is 1. The second-order valence-electron chi connectivity index (χ2n) is 6.33. The highest BCUT2D eigenvalue weighted by Crippen LogP contribution is 2.51. The van der Waals surface area contributed by atoms with Crippen molar-refractivity contribution in [2.24, 2.45) is 0 Å². The van der Waals surface area contributed by atoms with Crippen molar-refractivity contribution in [3.8, 4) is 5.75 Å². The summed E-state index contributed by atoms with van der Waals surface area (Å²) in [5, 5.41) is 0. The number of carbonyl (C=O) groups excluding carboxylic acids is 2. The molecular weight excluding hydrogens is 384 g/mol. The highest BCUT2D eigenvalue weighted by molar-refractivity contribution is 8.17. The predicted molar refractivity (Wildman–Crippen MR) is 115 cm³/mol. The van der Waals surface area contributed by atoms with Crippen LogP contribution < -0.4 is 4.74 Å². The van der Waals surface area contributed by atoms with Gasteiger partial charge in [0.25, 0.3) is 0 Å². The van der Waals surface area contributed by atoms with Crippen LogP contribution in [0.5, 0.6) is 5.75 Å². The Bertz CT molecular complexity index is 943. The van der Waals surface area contributed by atoms with Gasteiger partial charge in [-0.2, -0.15) is 10.9 Å². The number of benzene rings is 3. The summed E-state index contributed by atoms with van der Waals surface area (Å²) in [5.41, 5.74) is 0.234. The van der Waals surface area contributed by atoms with E-state index in [0.717, 1.165) is 4.90 Å². The van der Waals surface area contributed by atoms with Gasteiger partial charge in [0.1, 0.15) is 5.75 Å². The van der Waals surface area contributed by atoms with E-state index >= 15 is 0 Å². The Kier molecular flexibility index (Phi) is 6.87. The molecule has 0 bridgehead atoms. The Morgan fingerprint density at radius 3 is 1.76 bits per heavy atom. The zero-order valence-electron chi connectivity index (χ0n) is 16.1. The maximum atomic E-state index is 11.9. The molecule has 148 valence electrons. The van der Waals surface area contributed by atoms with Crippen molar-refractivity contribution in [2.75, 3.05) is 6.61 Å². The Balaban J connectivity index is 1.75. The number of hydrogen-bond acceptors (Lipinski definition) is 4. The molecular formula is C24H22O4S. The Hall–Kier alpha value is -3.31. The summed E-state index contributed by atoms with van der Waals surface area (Å²) in [6.07, 6.45) is 0. The fraction of sp³-hybridized carbons (Fsp3) is 0.0833. The number of carbonyl (C=O) groups is 2. The van der Waals surface area contributed by atoms with Crippen LogP contribution in [0.2, 0.25) is 0 Å². The average Bonchev–Trinajstić information content (AvgIpc) is 2.75.